The average molecular weight is 600 g/mol. The average Bonchev–Trinajstić information content (AvgIpc) is 3.64. The Morgan fingerprint density at radius 1 is 0.932 bits per heavy atom. The molecule has 0 aromatic heterocycles. The fourth-order valence-corrected chi connectivity index (χ4v) is 7.73. The second-order valence-corrected chi connectivity index (χ2v) is 12.1. The summed E-state index contributed by atoms with van der Waals surface area (Å²) in [5.74, 6) is -1.59. The van der Waals surface area contributed by atoms with E-state index in [-0.39, 0.29) is 24.3 Å². The van der Waals surface area contributed by atoms with Gasteiger partial charge in [-0.05, 0) is 92.6 Å². The van der Waals surface area contributed by atoms with Crippen molar-refractivity contribution in [1.82, 2.24) is 4.90 Å². The minimum atomic E-state index is -1.11. The lowest BCUT2D eigenvalue weighted by Crippen LogP contribution is -2.53. The first-order valence-corrected chi connectivity index (χ1v) is 15.8. The Morgan fingerprint density at radius 2 is 1.66 bits per heavy atom. The Morgan fingerprint density at radius 3 is 2.39 bits per heavy atom. The molecule has 3 aliphatic rings. The molecule has 3 fully saturated rings. The number of rotatable bonds is 12. The van der Waals surface area contributed by atoms with Crippen molar-refractivity contribution in [2.75, 3.05) is 30.4 Å². The van der Waals surface area contributed by atoms with E-state index in [1.807, 2.05) is 56.3 Å². The van der Waals surface area contributed by atoms with Crippen LogP contribution in [0.4, 0.5) is 11.4 Å². The van der Waals surface area contributed by atoms with Gasteiger partial charge < -0.3 is 30.1 Å². The van der Waals surface area contributed by atoms with E-state index >= 15 is 0 Å². The molecule has 0 aliphatic carbocycles. The predicted molar refractivity (Wildman–Crippen MR) is 168 cm³/mol. The van der Waals surface area contributed by atoms with E-state index < -0.39 is 29.1 Å². The van der Waals surface area contributed by atoms with Crippen LogP contribution in [0.1, 0.15) is 52.4 Å². The van der Waals surface area contributed by atoms with Crippen LogP contribution in [0.15, 0.2) is 66.7 Å². The Labute approximate surface area is 257 Å². The topological polar surface area (TPSA) is 117 Å². The molecule has 2 bridgehead atoms. The third-order valence-corrected chi connectivity index (χ3v) is 9.72. The van der Waals surface area contributed by atoms with Crippen LogP contribution in [0.2, 0.25) is 0 Å². The number of hydrogen-bond acceptors (Lipinski definition) is 6. The van der Waals surface area contributed by atoms with E-state index in [1.54, 1.807) is 29.2 Å². The van der Waals surface area contributed by atoms with E-state index in [0.717, 1.165) is 17.2 Å². The van der Waals surface area contributed by atoms with Crippen molar-refractivity contribution in [3.63, 3.8) is 0 Å². The maximum Gasteiger partial charge on any atom is 0.250 e. The summed E-state index contributed by atoms with van der Waals surface area (Å²) in [6.07, 6.45) is 3.64. The molecule has 3 N–H and O–H groups in total. The van der Waals surface area contributed by atoms with Gasteiger partial charge in [-0.15, -0.1) is 0 Å². The number of fused-ring (bicyclic) bond motifs is 2. The standard InChI is InChI=1S/C35H41N3O6/c1-3-34-18-19-35(44-34)29(28(34)31(40)36-25-14-16-27(17-15-25)43-4-2)33(42)38(20-8-5-9-21-39)30(35)32(41)37-26-13-12-23-10-6-7-11-24(23)22-26/h6-7,10-17,22,28-30,39H,3-5,8-9,18-21H2,1-2H3,(H,36,40)(H,37,41)/t28-,29-,30?,34+,35?/m0/s1. The van der Waals surface area contributed by atoms with Gasteiger partial charge in [-0.2, -0.15) is 0 Å². The molecule has 9 heteroatoms. The lowest BCUT2D eigenvalue weighted by Gasteiger charge is -2.34. The van der Waals surface area contributed by atoms with Crippen molar-refractivity contribution in [2.45, 2.75) is 69.6 Å². The second-order valence-electron chi connectivity index (χ2n) is 12.1. The van der Waals surface area contributed by atoms with E-state index in [1.165, 1.54) is 0 Å². The zero-order valence-corrected chi connectivity index (χ0v) is 25.4. The molecule has 232 valence electrons. The summed E-state index contributed by atoms with van der Waals surface area (Å²) < 4.78 is 12.4. The van der Waals surface area contributed by atoms with Crippen LogP contribution in [0, 0.1) is 11.8 Å². The summed E-state index contributed by atoms with van der Waals surface area (Å²) >= 11 is 0. The van der Waals surface area contributed by atoms with Crippen LogP contribution < -0.4 is 15.4 Å². The third-order valence-electron chi connectivity index (χ3n) is 9.72. The fraction of sp³-hybridized carbons (Fsp3) is 0.457. The fourth-order valence-electron chi connectivity index (χ4n) is 7.73. The molecule has 3 aliphatic heterocycles. The highest BCUT2D eigenvalue weighted by Gasteiger charge is 2.78. The van der Waals surface area contributed by atoms with E-state index in [4.69, 9.17) is 9.47 Å². The van der Waals surface area contributed by atoms with E-state index in [9.17, 15) is 19.5 Å². The van der Waals surface area contributed by atoms with Crippen LogP contribution in [-0.4, -0.2) is 64.7 Å². The second kappa shape index (κ2) is 12.2. The number of aliphatic hydroxyl groups is 1. The molecular weight excluding hydrogens is 558 g/mol. The van der Waals surface area contributed by atoms with Crippen molar-refractivity contribution < 1.29 is 29.0 Å². The van der Waals surface area contributed by atoms with Crippen molar-refractivity contribution >= 4 is 39.9 Å². The zero-order chi connectivity index (χ0) is 30.9. The van der Waals surface area contributed by atoms with Crippen molar-refractivity contribution in [1.29, 1.82) is 0 Å². The number of nitrogens with zero attached hydrogens (tertiary/aromatic N) is 1. The number of ether oxygens (including phenoxy) is 2. The van der Waals surface area contributed by atoms with Gasteiger partial charge in [0, 0.05) is 24.5 Å². The summed E-state index contributed by atoms with van der Waals surface area (Å²) in [7, 11) is 0. The van der Waals surface area contributed by atoms with E-state index in [0.29, 0.717) is 62.4 Å². The minimum absolute atomic E-state index is 0.0717. The van der Waals surface area contributed by atoms with Gasteiger partial charge in [-0.1, -0.05) is 37.3 Å². The lowest BCUT2D eigenvalue weighted by atomic mass is 9.65. The number of carbonyl (C=O) groups is 3. The minimum Gasteiger partial charge on any atom is -0.494 e. The molecule has 3 aromatic carbocycles. The van der Waals surface area contributed by atoms with Crippen LogP contribution in [0.3, 0.4) is 0 Å². The molecular formula is C35H41N3O6. The summed E-state index contributed by atoms with van der Waals surface area (Å²) in [6.45, 7) is 4.86. The first kappa shape index (κ1) is 30.1. The Hall–Kier alpha value is -3.95. The van der Waals surface area contributed by atoms with Gasteiger partial charge >= 0.3 is 0 Å². The van der Waals surface area contributed by atoms with Gasteiger partial charge in [0.25, 0.3) is 0 Å². The number of benzene rings is 3. The number of likely N-dealkylation sites (tertiary alicyclic amines) is 1. The Balaban J connectivity index is 1.31. The molecule has 0 saturated carbocycles. The van der Waals surface area contributed by atoms with Gasteiger partial charge in [-0.3, -0.25) is 14.4 Å². The number of carbonyl (C=O) groups excluding carboxylic acids is 3. The highest BCUT2D eigenvalue weighted by atomic mass is 16.5. The molecule has 2 unspecified atom stereocenters. The number of unbranched alkanes of at least 4 members (excludes halogenated alkanes) is 2. The van der Waals surface area contributed by atoms with Crippen LogP contribution in [0.5, 0.6) is 5.75 Å². The first-order valence-electron chi connectivity index (χ1n) is 15.8. The molecule has 3 saturated heterocycles. The normalized spacial score (nSPS) is 27.0. The molecule has 0 radical (unpaired) electrons. The van der Waals surface area contributed by atoms with Gasteiger partial charge in [0.2, 0.25) is 17.7 Å². The maximum absolute atomic E-state index is 14.3. The molecule has 1 spiro atoms. The SMILES string of the molecule is CCOc1ccc(NC(=O)[C@@H]2[C@H]3C(=O)N(CCCCCO)C(C(=O)Nc4ccc5ccccc5c4)C34CC[C@@]2(CC)O4)cc1. The summed E-state index contributed by atoms with van der Waals surface area (Å²) in [4.78, 5) is 44.2. The molecule has 3 aromatic rings. The highest BCUT2D eigenvalue weighted by Crippen LogP contribution is 2.64. The van der Waals surface area contributed by atoms with Crippen LogP contribution >= 0.6 is 0 Å². The zero-order valence-electron chi connectivity index (χ0n) is 25.4. The lowest BCUT2D eigenvalue weighted by molar-refractivity contribution is -0.144. The third kappa shape index (κ3) is 5.12. The number of anilines is 2. The van der Waals surface area contributed by atoms with Crippen molar-refractivity contribution in [3.8, 4) is 5.75 Å². The largest absolute Gasteiger partial charge is 0.494 e. The summed E-state index contributed by atoms with van der Waals surface area (Å²) in [6, 6.07) is 20.0. The van der Waals surface area contributed by atoms with Crippen molar-refractivity contribution in [3.05, 3.63) is 66.7 Å². The quantitative estimate of drug-likeness (QED) is 0.249. The summed E-state index contributed by atoms with van der Waals surface area (Å²) in [5, 5.41) is 17.5. The van der Waals surface area contributed by atoms with Crippen LogP contribution in [-0.2, 0) is 19.1 Å². The van der Waals surface area contributed by atoms with E-state index in [2.05, 4.69) is 10.6 Å². The number of aliphatic hydroxyl groups excluding tert-OH is 1. The number of amides is 3. The smallest absolute Gasteiger partial charge is 0.250 e. The summed E-state index contributed by atoms with van der Waals surface area (Å²) in [5.41, 5.74) is -0.686. The molecule has 44 heavy (non-hydrogen) atoms. The number of nitrogens with one attached hydrogen (secondary N) is 2. The Bertz CT molecular complexity index is 1540. The molecule has 3 amide bonds. The van der Waals surface area contributed by atoms with Gasteiger partial charge in [0.05, 0.1) is 24.0 Å². The number of hydrogen-bond donors (Lipinski definition) is 3. The monoisotopic (exact) mass is 599 g/mol. The first-order chi connectivity index (χ1) is 21.4. The Kier molecular flexibility index (Phi) is 8.35. The van der Waals surface area contributed by atoms with Crippen LogP contribution in [0.25, 0.3) is 10.8 Å². The van der Waals surface area contributed by atoms with Gasteiger partial charge in [0.15, 0.2) is 0 Å². The predicted octanol–water partition coefficient (Wildman–Crippen LogP) is 5.13. The maximum atomic E-state index is 14.3. The van der Waals surface area contributed by atoms with Gasteiger partial charge in [-0.25, -0.2) is 0 Å². The highest BCUT2D eigenvalue weighted by molar-refractivity contribution is 6.06. The molecule has 9 nitrogen and oxygen atoms in total. The van der Waals surface area contributed by atoms with Crippen molar-refractivity contribution in [2.24, 2.45) is 11.8 Å². The molecule has 5 atom stereocenters. The van der Waals surface area contributed by atoms with Gasteiger partial charge in [0.1, 0.15) is 17.4 Å². The molecule has 3 heterocycles. The molecule has 6 rings (SSSR count).